The van der Waals surface area contributed by atoms with Crippen LogP contribution in [0.3, 0.4) is 0 Å². The molecule has 0 saturated carbocycles. The van der Waals surface area contributed by atoms with Gasteiger partial charge in [0.1, 0.15) is 12.3 Å². The molecular weight excluding hydrogens is 338 g/mol. The van der Waals surface area contributed by atoms with Gasteiger partial charge in [-0.3, -0.25) is 29.4 Å². The minimum atomic E-state index is -0.957. The third-order valence-electron chi connectivity index (χ3n) is 4.89. The van der Waals surface area contributed by atoms with E-state index in [4.69, 9.17) is 0 Å². The summed E-state index contributed by atoms with van der Waals surface area (Å²) in [4.78, 5) is 62.7. The van der Waals surface area contributed by atoms with Crippen LogP contribution in [0.15, 0.2) is 23.9 Å². The highest BCUT2D eigenvalue weighted by Gasteiger charge is 2.39. The standard InChI is InChI=1S/C18H21N3O5/c1-11-7-13(20-8-12(9-20)10-22)3-2-4-16(24)21(18(11)26)14-5-6-15(23)19-17(14)25/h2-3,7,10-12,14H,4-6,8-9H2,1H3,(H,19,23,25)/b3-2-,13-7+. The average molecular weight is 359 g/mol. The van der Waals surface area contributed by atoms with Gasteiger partial charge in [0.2, 0.25) is 23.6 Å². The number of rotatable bonds is 3. The monoisotopic (exact) mass is 359 g/mol. The van der Waals surface area contributed by atoms with Crippen molar-refractivity contribution < 1.29 is 24.0 Å². The quantitative estimate of drug-likeness (QED) is 0.551. The van der Waals surface area contributed by atoms with Gasteiger partial charge < -0.3 is 9.69 Å². The molecule has 8 heteroatoms. The normalized spacial score (nSPS) is 31.2. The first-order valence-corrected chi connectivity index (χ1v) is 8.69. The van der Waals surface area contributed by atoms with E-state index in [1.807, 2.05) is 4.90 Å². The smallest absolute Gasteiger partial charge is 0.249 e. The Hall–Kier alpha value is -2.77. The van der Waals surface area contributed by atoms with E-state index in [9.17, 15) is 24.0 Å². The van der Waals surface area contributed by atoms with Crippen LogP contribution >= 0.6 is 0 Å². The molecule has 2 fully saturated rings. The molecule has 138 valence electrons. The molecule has 0 bridgehead atoms. The Bertz CT molecular complexity index is 720. The predicted octanol–water partition coefficient (Wildman–Crippen LogP) is -0.243. The maximum atomic E-state index is 12.9. The van der Waals surface area contributed by atoms with Gasteiger partial charge in [-0.1, -0.05) is 6.08 Å². The van der Waals surface area contributed by atoms with Gasteiger partial charge in [-0.25, -0.2) is 0 Å². The molecular formula is C18H21N3O5. The zero-order chi connectivity index (χ0) is 18.8. The second-order valence-corrected chi connectivity index (χ2v) is 6.86. The summed E-state index contributed by atoms with van der Waals surface area (Å²) in [5.41, 5.74) is 0.793. The zero-order valence-electron chi connectivity index (χ0n) is 14.5. The number of allylic oxidation sites excluding steroid dienone is 1. The van der Waals surface area contributed by atoms with Crippen molar-refractivity contribution in [1.29, 1.82) is 0 Å². The van der Waals surface area contributed by atoms with Gasteiger partial charge in [-0.15, -0.1) is 0 Å². The van der Waals surface area contributed by atoms with E-state index < -0.39 is 35.6 Å². The molecule has 3 aliphatic heterocycles. The summed E-state index contributed by atoms with van der Waals surface area (Å²) in [5, 5.41) is 2.19. The summed E-state index contributed by atoms with van der Waals surface area (Å²) >= 11 is 0. The Labute approximate surface area is 150 Å². The van der Waals surface area contributed by atoms with Crippen LogP contribution < -0.4 is 5.32 Å². The fraction of sp³-hybridized carbons (Fsp3) is 0.500. The van der Waals surface area contributed by atoms with Crippen LogP contribution in [0, 0.1) is 11.8 Å². The van der Waals surface area contributed by atoms with E-state index in [1.54, 1.807) is 25.2 Å². The first-order valence-electron chi connectivity index (χ1n) is 8.69. The molecule has 0 radical (unpaired) electrons. The van der Waals surface area contributed by atoms with Crippen LogP contribution in [0.1, 0.15) is 26.2 Å². The van der Waals surface area contributed by atoms with Crippen molar-refractivity contribution in [2.45, 2.75) is 32.2 Å². The molecule has 2 unspecified atom stereocenters. The molecule has 2 atom stereocenters. The van der Waals surface area contributed by atoms with Gasteiger partial charge in [0, 0.05) is 37.5 Å². The van der Waals surface area contributed by atoms with Crippen molar-refractivity contribution in [2.24, 2.45) is 11.8 Å². The number of piperidine rings is 1. The van der Waals surface area contributed by atoms with Crippen LogP contribution in [-0.2, 0) is 24.0 Å². The molecule has 3 aliphatic rings. The molecule has 4 amide bonds. The van der Waals surface area contributed by atoms with Crippen LogP contribution in [0.5, 0.6) is 0 Å². The SMILES string of the molecule is CC1/C=C(N2CC(C=O)C2)\C=C/CC(=O)N(C2CCC(=O)NC2=O)C1=O. The van der Waals surface area contributed by atoms with Crippen LogP contribution in [0.2, 0.25) is 0 Å². The van der Waals surface area contributed by atoms with Crippen molar-refractivity contribution in [3.05, 3.63) is 23.9 Å². The van der Waals surface area contributed by atoms with Crippen LogP contribution in [0.25, 0.3) is 0 Å². The zero-order valence-corrected chi connectivity index (χ0v) is 14.5. The molecule has 1 N–H and O–H groups in total. The summed E-state index contributed by atoms with van der Waals surface area (Å²) < 4.78 is 0. The summed E-state index contributed by atoms with van der Waals surface area (Å²) in [6.45, 7) is 2.85. The lowest BCUT2D eigenvalue weighted by atomic mass is 9.98. The molecule has 0 aliphatic carbocycles. The van der Waals surface area contributed by atoms with Gasteiger partial charge in [-0.05, 0) is 25.5 Å². The molecule has 2 saturated heterocycles. The first kappa shape index (κ1) is 18.0. The Morgan fingerprint density at radius 1 is 1.19 bits per heavy atom. The maximum Gasteiger partial charge on any atom is 0.249 e. The number of amides is 4. The number of carbonyl (C=O) groups is 5. The second kappa shape index (κ2) is 7.23. The Kier molecular flexibility index (Phi) is 5.01. The molecule has 26 heavy (non-hydrogen) atoms. The first-order chi connectivity index (χ1) is 12.4. The summed E-state index contributed by atoms with van der Waals surface area (Å²) in [5.74, 6) is -2.55. The Morgan fingerprint density at radius 3 is 2.58 bits per heavy atom. The predicted molar refractivity (Wildman–Crippen MR) is 90.2 cm³/mol. The largest absolute Gasteiger partial charge is 0.370 e. The lowest BCUT2D eigenvalue weighted by Gasteiger charge is -2.39. The number of hydrogen-bond acceptors (Lipinski definition) is 6. The average Bonchev–Trinajstić information content (AvgIpc) is 2.59. The number of likely N-dealkylation sites (tertiary alicyclic amines) is 1. The summed E-state index contributed by atoms with van der Waals surface area (Å²) in [6.07, 6.45) is 6.32. The van der Waals surface area contributed by atoms with Crippen LogP contribution in [-0.4, -0.2) is 58.8 Å². The Balaban J connectivity index is 1.83. The molecule has 0 spiro atoms. The third-order valence-corrected chi connectivity index (χ3v) is 4.89. The van der Waals surface area contributed by atoms with Crippen molar-refractivity contribution in [3.63, 3.8) is 0 Å². The third kappa shape index (κ3) is 3.44. The van der Waals surface area contributed by atoms with E-state index in [1.165, 1.54) is 0 Å². The van der Waals surface area contributed by atoms with Crippen LogP contribution in [0.4, 0.5) is 0 Å². The lowest BCUT2D eigenvalue weighted by Crippen LogP contribution is -2.57. The summed E-state index contributed by atoms with van der Waals surface area (Å²) in [7, 11) is 0. The fourth-order valence-corrected chi connectivity index (χ4v) is 3.38. The van der Waals surface area contributed by atoms with Gasteiger partial charge in [0.05, 0.1) is 5.92 Å². The number of imide groups is 2. The van der Waals surface area contributed by atoms with Gasteiger partial charge >= 0.3 is 0 Å². The van der Waals surface area contributed by atoms with E-state index in [-0.39, 0.29) is 25.2 Å². The maximum absolute atomic E-state index is 12.9. The highest BCUT2D eigenvalue weighted by Crippen LogP contribution is 2.25. The minimum absolute atomic E-state index is 0.00969. The molecule has 0 aromatic carbocycles. The number of hydrogen-bond donors (Lipinski definition) is 1. The van der Waals surface area contributed by atoms with Gasteiger partial charge in [0.25, 0.3) is 0 Å². The molecule has 3 rings (SSSR count). The van der Waals surface area contributed by atoms with E-state index >= 15 is 0 Å². The Morgan fingerprint density at radius 2 is 1.92 bits per heavy atom. The van der Waals surface area contributed by atoms with Gasteiger partial charge in [-0.2, -0.15) is 0 Å². The van der Waals surface area contributed by atoms with E-state index in [2.05, 4.69) is 5.32 Å². The van der Waals surface area contributed by atoms with Crippen molar-refractivity contribution in [1.82, 2.24) is 15.1 Å². The second-order valence-electron chi connectivity index (χ2n) is 6.86. The lowest BCUT2D eigenvalue weighted by molar-refractivity contribution is -0.155. The fourth-order valence-electron chi connectivity index (χ4n) is 3.38. The molecule has 8 nitrogen and oxygen atoms in total. The number of nitrogens with one attached hydrogen (secondary N) is 1. The van der Waals surface area contributed by atoms with Crippen molar-refractivity contribution >= 4 is 29.9 Å². The topological polar surface area (TPSA) is 104 Å². The van der Waals surface area contributed by atoms with Gasteiger partial charge in [0.15, 0.2) is 0 Å². The van der Waals surface area contributed by atoms with Crippen molar-refractivity contribution in [3.8, 4) is 0 Å². The summed E-state index contributed by atoms with van der Waals surface area (Å²) in [6, 6.07) is -0.957. The molecule has 0 aromatic rings. The highest BCUT2D eigenvalue weighted by atomic mass is 16.2. The number of nitrogens with zero attached hydrogens (tertiary/aromatic N) is 2. The number of carbonyl (C=O) groups excluding carboxylic acids is 5. The van der Waals surface area contributed by atoms with Crippen molar-refractivity contribution in [2.75, 3.05) is 13.1 Å². The number of aldehydes is 1. The molecule has 0 aromatic heterocycles. The minimum Gasteiger partial charge on any atom is -0.370 e. The highest BCUT2D eigenvalue weighted by molar-refractivity contribution is 6.06. The van der Waals surface area contributed by atoms with E-state index in [0.717, 1.165) is 16.9 Å². The van der Waals surface area contributed by atoms with E-state index in [0.29, 0.717) is 13.1 Å². The molecule has 3 heterocycles.